The quantitative estimate of drug-likeness (QED) is 0.375. The molecule has 3 N–H and O–H groups in total. The van der Waals surface area contributed by atoms with Gasteiger partial charge in [-0.2, -0.15) is 0 Å². The third-order valence-electron chi connectivity index (χ3n) is 5.11. The Labute approximate surface area is 166 Å². The Morgan fingerprint density at radius 3 is 2.84 bits per heavy atom. The van der Waals surface area contributed by atoms with Crippen LogP contribution in [0.1, 0.15) is 31.7 Å². The smallest absolute Gasteiger partial charge is 0.191 e. The topological polar surface area (TPSA) is 74.3 Å². The molecule has 0 spiro atoms. The standard InChI is InChI=1S/C18H27N5O.HI/c1-11-6-7-12-13(8-11)22-16(21-12)10-20-17(19-4)23-14-9-15(24-5)18(14,2)3;/h6-8,14-15H,9-10H2,1-5H3,(H,21,22)(H2,19,20,23);1H. The van der Waals surface area contributed by atoms with Crippen LogP contribution in [0.25, 0.3) is 11.0 Å². The SMILES string of the molecule is CN=C(NCc1nc2ccc(C)cc2[nH]1)NC1CC(OC)C1(C)C.I. The fourth-order valence-corrected chi connectivity index (χ4v) is 3.32. The number of methoxy groups -OCH3 is 1. The zero-order valence-electron chi connectivity index (χ0n) is 15.5. The Morgan fingerprint density at radius 1 is 1.44 bits per heavy atom. The lowest BCUT2D eigenvalue weighted by molar-refractivity contribution is -0.0922. The molecule has 6 nitrogen and oxygen atoms in total. The van der Waals surface area contributed by atoms with E-state index in [1.807, 2.05) is 6.07 Å². The van der Waals surface area contributed by atoms with Crippen LogP contribution in [-0.4, -0.2) is 42.2 Å². The molecule has 0 bridgehead atoms. The first-order valence-electron chi connectivity index (χ1n) is 8.39. The van der Waals surface area contributed by atoms with Gasteiger partial charge in [-0.3, -0.25) is 4.99 Å². The van der Waals surface area contributed by atoms with Crippen molar-refractivity contribution in [3.05, 3.63) is 29.6 Å². The van der Waals surface area contributed by atoms with Gasteiger partial charge in [-0.1, -0.05) is 19.9 Å². The van der Waals surface area contributed by atoms with Crippen molar-refractivity contribution in [3.63, 3.8) is 0 Å². The number of ether oxygens (including phenoxy) is 1. The number of nitrogens with one attached hydrogen (secondary N) is 3. The number of imidazole rings is 1. The molecule has 138 valence electrons. The van der Waals surface area contributed by atoms with E-state index in [0.717, 1.165) is 29.2 Å². The van der Waals surface area contributed by atoms with E-state index in [4.69, 9.17) is 4.74 Å². The summed E-state index contributed by atoms with van der Waals surface area (Å²) in [6.07, 6.45) is 1.29. The Hall–Kier alpha value is -1.35. The number of aromatic amines is 1. The van der Waals surface area contributed by atoms with Gasteiger partial charge in [0.25, 0.3) is 0 Å². The molecule has 0 radical (unpaired) electrons. The molecule has 1 saturated carbocycles. The fourth-order valence-electron chi connectivity index (χ4n) is 3.32. The number of fused-ring (bicyclic) bond motifs is 1. The van der Waals surface area contributed by atoms with Crippen molar-refractivity contribution >= 4 is 41.0 Å². The third kappa shape index (κ3) is 4.08. The van der Waals surface area contributed by atoms with Crippen LogP contribution in [0, 0.1) is 12.3 Å². The van der Waals surface area contributed by atoms with Gasteiger partial charge in [0.2, 0.25) is 0 Å². The van der Waals surface area contributed by atoms with Gasteiger partial charge >= 0.3 is 0 Å². The van der Waals surface area contributed by atoms with Gasteiger partial charge < -0.3 is 20.4 Å². The van der Waals surface area contributed by atoms with Gasteiger partial charge in [0.1, 0.15) is 5.82 Å². The summed E-state index contributed by atoms with van der Waals surface area (Å²) in [5.74, 6) is 1.69. The summed E-state index contributed by atoms with van der Waals surface area (Å²) < 4.78 is 5.50. The lowest BCUT2D eigenvalue weighted by atomic mass is 9.64. The number of aryl methyl sites for hydroxylation is 1. The van der Waals surface area contributed by atoms with Gasteiger partial charge in [-0.05, 0) is 31.0 Å². The van der Waals surface area contributed by atoms with Gasteiger partial charge in [-0.25, -0.2) is 4.98 Å². The zero-order valence-corrected chi connectivity index (χ0v) is 17.8. The number of H-pyrrole nitrogens is 1. The predicted molar refractivity (Wildman–Crippen MR) is 113 cm³/mol. The minimum Gasteiger partial charge on any atom is -0.381 e. The van der Waals surface area contributed by atoms with Crippen molar-refractivity contribution in [1.82, 2.24) is 20.6 Å². The Bertz CT molecular complexity index is 755. The Morgan fingerprint density at radius 2 is 2.20 bits per heavy atom. The number of hydrogen-bond donors (Lipinski definition) is 3. The summed E-state index contributed by atoms with van der Waals surface area (Å²) in [5.41, 5.74) is 3.38. The molecule has 1 aromatic heterocycles. The highest BCUT2D eigenvalue weighted by molar-refractivity contribution is 14.0. The van der Waals surface area contributed by atoms with E-state index < -0.39 is 0 Å². The first-order chi connectivity index (χ1) is 11.4. The first-order valence-corrected chi connectivity index (χ1v) is 8.39. The number of rotatable bonds is 4. The van der Waals surface area contributed by atoms with Crippen molar-refractivity contribution in [2.24, 2.45) is 10.4 Å². The molecule has 25 heavy (non-hydrogen) atoms. The number of nitrogens with zero attached hydrogens (tertiary/aromatic N) is 2. The van der Waals surface area contributed by atoms with E-state index >= 15 is 0 Å². The van der Waals surface area contributed by atoms with Crippen LogP contribution in [0.5, 0.6) is 0 Å². The summed E-state index contributed by atoms with van der Waals surface area (Å²) in [4.78, 5) is 12.3. The van der Waals surface area contributed by atoms with Gasteiger partial charge in [0.15, 0.2) is 5.96 Å². The van der Waals surface area contributed by atoms with E-state index in [1.165, 1.54) is 5.56 Å². The molecule has 2 unspecified atom stereocenters. The van der Waals surface area contributed by atoms with Crippen LogP contribution in [0.3, 0.4) is 0 Å². The number of benzene rings is 1. The highest BCUT2D eigenvalue weighted by atomic mass is 127. The summed E-state index contributed by atoms with van der Waals surface area (Å²) in [6.45, 7) is 7.13. The molecular weight excluding hydrogens is 429 g/mol. The molecule has 2 aromatic rings. The van der Waals surface area contributed by atoms with Crippen LogP contribution in [0.15, 0.2) is 23.2 Å². The molecule has 1 fully saturated rings. The summed E-state index contributed by atoms with van der Waals surface area (Å²) in [5, 5.41) is 6.82. The molecular formula is C18H28IN5O. The molecule has 1 aliphatic carbocycles. The van der Waals surface area contributed by atoms with E-state index in [0.29, 0.717) is 18.7 Å². The molecule has 0 saturated heterocycles. The average Bonchev–Trinajstić information content (AvgIpc) is 2.95. The van der Waals surface area contributed by atoms with Gasteiger partial charge in [-0.15, -0.1) is 24.0 Å². The maximum absolute atomic E-state index is 5.50. The molecule has 0 aliphatic heterocycles. The normalized spacial score (nSPS) is 22.2. The van der Waals surface area contributed by atoms with E-state index in [2.05, 4.69) is 58.5 Å². The second-order valence-electron chi connectivity index (χ2n) is 7.11. The van der Waals surface area contributed by atoms with Crippen molar-refractivity contribution in [1.29, 1.82) is 0 Å². The number of aliphatic imine (C=N–C) groups is 1. The van der Waals surface area contributed by atoms with Gasteiger partial charge in [0, 0.05) is 25.6 Å². The summed E-state index contributed by atoms with van der Waals surface area (Å²) >= 11 is 0. The minimum atomic E-state index is 0. The van der Waals surface area contributed by atoms with Crippen molar-refractivity contribution < 1.29 is 4.74 Å². The summed E-state index contributed by atoms with van der Waals surface area (Å²) in [6, 6.07) is 6.58. The number of guanidine groups is 1. The molecule has 1 aromatic carbocycles. The van der Waals surface area contributed by atoms with Crippen molar-refractivity contribution in [2.45, 2.75) is 45.9 Å². The molecule has 3 rings (SSSR count). The van der Waals surface area contributed by atoms with Crippen LogP contribution in [0.2, 0.25) is 0 Å². The fraction of sp³-hybridized carbons (Fsp3) is 0.556. The van der Waals surface area contributed by atoms with Crippen LogP contribution < -0.4 is 10.6 Å². The van der Waals surface area contributed by atoms with Crippen molar-refractivity contribution in [2.75, 3.05) is 14.2 Å². The Balaban J connectivity index is 0.00000225. The van der Waals surface area contributed by atoms with Crippen LogP contribution >= 0.6 is 24.0 Å². The lowest BCUT2D eigenvalue weighted by Gasteiger charge is -2.51. The first kappa shape index (κ1) is 20.0. The highest BCUT2D eigenvalue weighted by Crippen LogP contribution is 2.42. The second kappa shape index (κ2) is 7.90. The van der Waals surface area contributed by atoms with E-state index in [9.17, 15) is 0 Å². The largest absolute Gasteiger partial charge is 0.381 e. The average molecular weight is 457 g/mol. The molecule has 7 heteroatoms. The number of halogens is 1. The van der Waals surface area contributed by atoms with Crippen LogP contribution in [0.4, 0.5) is 0 Å². The summed E-state index contributed by atoms with van der Waals surface area (Å²) in [7, 11) is 3.57. The second-order valence-corrected chi connectivity index (χ2v) is 7.11. The minimum absolute atomic E-state index is 0. The molecule has 0 amide bonds. The molecule has 1 aliphatic rings. The van der Waals surface area contributed by atoms with E-state index in [-0.39, 0.29) is 29.4 Å². The van der Waals surface area contributed by atoms with E-state index in [1.54, 1.807) is 14.2 Å². The maximum Gasteiger partial charge on any atom is 0.191 e. The lowest BCUT2D eigenvalue weighted by Crippen LogP contribution is -2.63. The third-order valence-corrected chi connectivity index (χ3v) is 5.11. The Kier molecular flexibility index (Phi) is 6.31. The maximum atomic E-state index is 5.50. The van der Waals surface area contributed by atoms with Crippen LogP contribution in [-0.2, 0) is 11.3 Å². The predicted octanol–water partition coefficient (Wildman–Crippen LogP) is 2.97. The van der Waals surface area contributed by atoms with Gasteiger partial charge in [0.05, 0.1) is 23.7 Å². The molecule has 1 heterocycles. The number of aromatic nitrogens is 2. The number of hydrogen-bond acceptors (Lipinski definition) is 3. The zero-order chi connectivity index (χ0) is 17.3. The molecule has 2 atom stereocenters. The highest BCUT2D eigenvalue weighted by Gasteiger charge is 2.48. The monoisotopic (exact) mass is 457 g/mol. The van der Waals surface area contributed by atoms with Crippen molar-refractivity contribution in [3.8, 4) is 0 Å².